The third-order valence-electron chi connectivity index (χ3n) is 13.6. The molecule has 10 aromatic carbocycles. The first-order valence-electron chi connectivity index (χ1n) is 21.5. The van der Waals surface area contributed by atoms with Gasteiger partial charge in [0.05, 0.1) is 22.2 Å². The average Bonchev–Trinajstić information content (AvgIpc) is 3.81. The molecule has 12 aromatic rings. The smallest absolute Gasteiger partial charge is 0.235 e. The quantitative estimate of drug-likeness (QED) is 0.166. The summed E-state index contributed by atoms with van der Waals surface area (Å²) in [7, 11) is 0. The second-order valence-corrected chi connectivity index (χ2v) is 17.2. The van der Waals surface area contributed by atoms with Gasteiger partial charge in [-0.15, -0.1) is 0 Å². The van der Waals surface area contributed by atoms with Gasteiger partial charge in [0.15, 0.2) is 0 Å². The lowest BCUT2D eigenvalue weighted by atomic mass is 9.82. The molecule has 2 aromatic heterocycles. The van der Waals surface area contributed by atoms with Crippen molar-refractivity contribution >= 4 is 65.0 Å². The third-order valence-corrected chi connectivity index (χ3v) is 13.6. The molecule has 1 aliphatic rings. The summed E-state index contributed by atoms with van der Waals surface area (Å²) in [6.07, 6.45) is 0. The van der Waals surface area contributed by atoms with E-state index in [4.69, 9.17) is 9.97 Å². The molecule has 0 fully saturated rings. The maximum Gasteiger partial charge on any atom is 0.235 e. The Morgan fingerprint density at radius 2 is 0.919 bits per heavy atom. The van der Waals surface area contributed by atoms with E-state index in [0.29, 0.717) is 5.95 Å². The largest absolute Gasteiger partial charge is 0.277 e. The molecule has 13 rings (SSSR count). The number of rotatable bonds is 4. The first kappa shape index (κ1) is 34.9. The third kappa shape index (κ3) is 4.88. The van der Waals surface area contributed by atoms with Gasteiger partial charge < -0.3 is 0 Å². The summed E-state index contributed by atoms with van der Waals surface area (Å²) < 4.78 is 2.39. The average molecular weight is 790 g/mol. The van der Waals surface area contributed by atoms with E-state index in [9.17, 15) is 0 Å². The highest BCUT2D eigenvalue weighted by molar-refractivity contribution is 6.33. The molecule has 0 amide bonds. The lowest BCUT2D eigenvalue weighted by Crippen LogP contribution is -2.14. The van der Waals surface area contributed by atoms with Crippen molar-refractivity contribution in [2.24, 2.45) is 0 Å². The zero-order chi connectivity index (χ0) is 41.1. The molecule has 0 unspecified atom stereocenters. The summed E-state index contributed by atoms with van der Waals surface area (Å²) in [5.41, 5.74) is 15.0. The van der Waals surface area contributed by atoms with E-state index in [2.05, 4.69) is 219 Å². The molecular weight excluding hydrogens is 751 g/mol. The van der Waals surface area contributed by atoms with Crippen molar-refractivity contribution in [3.8, 4) is 50.6 Å². The Hall–Kier alpha value is -7.88. The van der Waals surface area contributed by atoms with Crippen LogP contribution in [0.5, 0.6) is 0 Å². The van der Waals surface area contributed by atoms with E-state index in [1.165, 1.54) is 82.0 Å². The lowest BCUT2D eigenvalue weighted by molar-refractivity contribution is 0.660. The Morgan fingerprint density at radius 1 is 0.371 bits per heavy atom. The Labute approximate surface area is 359 Å². The predicted molar refractivity (Wildman–Crippen MR) is 260 cm³/mol. The van der Waals surface area contributed by atoms with E-state index < -0.39 is 0 Å². The first-order chi connectivity index (χ1) is 30.5. The van der Waals surface area contributed by atoms with Crippen molar-refractivity contribution in [1.82, 2.24) is 14.5 Å². The molecule has 1 aliphatic carbocycles. The van der Waals surface area contributed by atoms with Crippen LogP contribution >= 0.6 is 0 Å². The van der Waals surface area contributed by atoms with Crippen LogP contribution in [0, 0.1) is 0 Å². The Kier molecular flexibility index (Phi) is 7.36. The molecule has 0 saturated heterocycles. The molecular formula is C59H39N3. The van der Waals surface area contributed by atoms with Crippen LogP contribution in [0.1, 0.15) is 25.0 Å². The van der Waals surface area contributed by atoms with Crippen LogP contribution in [0.3, 0.4) is 0 Å². The second kappa shape index (κ2) is 13.1. The van der Waals surface area contributed by atoms with Crippen molar-refractivity contribution < 1.29 is 0 Å². The topological polar surface area (TPSA) is 30.7 Å². The van der Waals surface area contributed by atoms with E-state index in [-0.39, 0.29) is 5.41 Å². The monoisotopic (exact) mass is 789 g/mol. The molecule has 0 atom stereocenters. The number of hydrogen-bond acceptors (Lipinski definition) is 2. The van der Waals surface area contributed by atoms with Gasteiger partial charge in [-0.1, -0.05) is 208 Å². The standard InChI is InChI=1S/C59H39N3/c1-59(2)50-29-11-9-23-47(50)53-44(26-15-30-51(53)59)46-27-14-28-49-54-43-21-7-5-19-41(43)42-20-6-8-22-45(42)57(54)62(56(46)49)58-60-52-31-12-10-24-48(52)55(61-58)38-34-32-37(33-35-38)40-25-13-17-36-16-3-4-18-39(36)40/h3-35H,1-2H3. The number of fused-ring (bicyclic) bond motifs is 13. The van der Waals surface area contributed by atoms with Crippen LogP contribution < -0.4 is 0 Å². The van der Waals surface area contributed by atoms with Crippen molar-refractivity contribution in [1.29, 1.82) is 0 Å². The molecule has 0 radical (unpaired) electrons. The fourth-order valence-corrected chi connectivity index (χ4v) is 10.8. The second-order valence-electron chi connectivity index (χ2n) is 17.2. The van der Waals surface area contributed by atoms with Crippen LogP contribution in [0.2, 0.25) is 0 Å². The fourth-order valence-electron chi connectivity index (χ4n) is 10.8. The molecule has 62 heavy (non-hydrogen) atoms. The van der Waals surface area contributed by atoms with Gasteiger partial charge in [-0.05, 0) is 71.9 Å². The number of aromatic nitrogens is 3. The summed E-state index contributed by atoms with van der Waals surface area (Å²) in [4.78, 5) is 11.2. The maximum atomic E-state index is 5.67. The number of hydrogen-bond donors (Lipinski definition) is 0. The number of para-hydroxylation sites is 2. The molecule has 0 bridgehead atoms. The molecule has 0 spiro atoms. The summed E-state index contributed by atoms with van der Waals surface area (Å²) >= 11 is 0. The molecule has 3 nitrogen and oxygen atoms in total. The Bertz CT molecular complexity index is 3830. The van der Waals surface area contributed by atoms with E-state index in [1.807, 2.05) is 0 Å². The van der Waals surface area contributed by atoms with Crippen molar-refractivity contribution in [3.05, 3.63) is 211 Å². The van der Waals surface area contributed by atoms with Crippen LogP contribution in [-0.4, -0.2) is 14.5 Å². The van der Waals surface area contributed by atoms with Gasteiger partial charge in [0.2, 0.25) is 5.95 Å². The number of benzene rings is 10. The van der Waals surface area contributed by atoms with Crippen LogP contribution in [0.4, 0.5) is 0 Å². The summed E-state index contributed by atoms with van der Waals surface area (Å²) in [6, 6.07) is 72.9. The molecule has 0 aliphatic heterocycles. The fraction of sp³-hybridized carbons (Fsp3) is 0.0508. The summed E-state index contributed by atoms with van der Waals surface area (Å²) in [6.45, 7) is 4.71. The van der Waals surface area contributed by atoms with Gasteiger partial charge in [-0.2, -0.15) is 0 Å². The lowest BCUT2D eigenvalue weighted by Gasteiger charge is -2.21. The van der Waals surface area contributed by atoms with Crippen LogP contribution in [0.15, 0.2) is 200 Å². The minimum atomic E-state index is -0.130. The van der Waals surface area contributed by atoms with Crippen molar-refractivity contribution in [2.45, 2.75) is 19.3 Å². The van der Waals surface area contributed by atoms with Gasteiger partial charge in [0.1, 0.15) is 0 Å². The van der Waals surface area contributed by atoms with Gasteiger partial charge in [-0.25, -0.2) is 9.97 Å². The molecule has 290 valence electrons. The normalized spacial score (nSPS) is 13.1. The first-order valence-corrected chi connectivity index (χ1v) is 21.5. The van der Waals surface area contributed by atoms with Crippen molar-refractivity contribution in [3.63, 3.8) is 0 Å². The van der Waals surface area contributed by atoms with Crippen molar-refractivity contribution in [2.75, 3.05) is 0 Å². The SMILES string of the molecule is CC1(C)c2ccccc2-c2c(-c3cccc4c5c6ccccc6c6ccccc6c5n(-c5nc(-c6ccc(-c7cccc8ccccc78)cc6)c6ccccc6n5)c34)cccc21. The summed E-state index contributed by atoms with van der Waals surface area (Å²) in [5, 5.41) is 10.7. The van der Waals surface area contributed by atoms with Gasteiger partial charge in [-0.3, -0.25) is 4.57 Å². The highest BCUT2D eigenvalue weighted by Gasteiger charge is 2.37. The van der Waals surface area contributed by atoms with Gasteiger partial charge in [0.25, 0.3) is 0 Å². The minimum Gasteiger partial charge on any atom is -0.277 e. The number of nitrogens with zero attached hydrogens (tertiary/aromatic N) is 3. The highest BCUT2D eigenvalue weighted by Crippen LogP contribution is 2.54. The van der Waals surface area contributed by atoms with E-state index in [0.717, 1.165) is 38.8 Å². The molecule has 3 heteroatoms. The maximum absolute atomic E-state index is 5.67. The molecule has 2 heterocycles. The Morgan fingerprint density at radius 3 is 1.76 bits per heavy atom. The summed E-state index contributed by atoms with van der Waals surface area (Å²) in [5.74, 6) is 0.651. The molecule has 0 saturated carbocycles. The highest BCUT2D eigenvalue weighted by atomic mass is 15.2. The van der Waals surface area contributed by atoms with Gasteiger partial charge in [0, 0.05) is 38.1 Å². The van der Waals surface area contributed by atoms with Crippen LogP contribution in [-0.2, 0) is 5.41 Å². The minimum absolute atomic E-state index is 0.130. The molecule has 0 N–H and O–H groups in total. The zero-order valence-corrected chi connectivity index (χ0v) is 34.4. The van der Waals surface area contributed by atoms with Gasteiger partial charge >= 0.3 is 0 Å². The predicted octanol–water partition coefficient (Wildman–Crippen LogP) is 15.5. The van der Waals surface area contributed by atoms with Crippen LogP contribution in [0.25, 0.3) is 116 Å². The van der Waals surface area contributed by atoms with E-state index in [1.54, 1.807) is 0 Å². The zero-order valence-electron chi connectivity index (χ0n) is 34.4. The Balaban J connectivity index is 1.14. The van der Waals surface area contributed by atoms with E-state index >= 15 is 0 Å².